The van der Waals surface area contributed by atoms with Gasteiger partial charge >= 0.3 is 6.03 Å². The first-order valence-electron chi connectivity index (χ1n) is 6.44. The van der Waals surface area contributed by atoms with Crippen LogP contribution in [0.15, 0.2) is 24.3 Å². The van der Waals surface area contributed by atoms with Crippen molar-refractivity contribution in [3.05, 3.63) is 29.8 Å². The number of carbonyl (C=O) groups is 1. The van der Waals surface area contributed by atoms with Gasteiger partial charge < -0.3 is 20.1 Å². The highest BCUT2D eigenvalue weighted by atomic mass is 16.5. The van der Waals surface area contributed by atoms with Gasteiger partial charge in [-0.2, -0.15) is 5.26 Å². The van der Waals surface area contributed by atoms with Crippen LogP contribution in [0, 0.1) is 11.3 Å². The van der Waals surface area contributed by atoms with E-state index in [2.05, 4.69) is 5.32 Å². The molecule has 2 amide bonds. The highest BCUT2D eigenvalue weighted by molar-refractivity contribution is 5.89. The van der Waals surface area contributed by atoms with Crippen LogP contribution >= 0.6 is 0 Å². The Labute approximate surface area is 117 Å². The van der Waals surface area contributed by atoms with Crippen molar-refractivity contribution in [3.63, 3.8) is 0 Å². The second-order valence-corrected chi connectivity index (χ2v) is 4.78. The van der Waals surface area contributed by atoms with Crippen molar-refractivity contribution in [2.45, 2.75) is 19.1 Å². The van der Waals surface area contributed by atoms with Crippen LogP contribution < -0.4 is 5.32 Å². The lowest BCUT2D eigenvalue weighted by atomic mass is 10.2. The smallest absolute Gasteiger partial charge is 0.322 e. The Morgan fingerprint density at radius 3 is 2.80 bits per heavy atom. The molecule has 0 radical (unpaired) electrons. The van der Waals surface area contributed by atoms with Crippen molar-refractivity contribution >= 4 is 11.7 Å². The van der Waals surface area contributed by atoms with E-state index in [4.69, 9.17) is 15.1 Å². The predicted molar refractivity (Wildman–Crippen MR) is 73.2 cm³/mol. The molecule has 0 aliphatic carbocycles. The summed E-state index contributed by atoms with van der Waals surface area (Å²) in [6, 6.07) is 8.45. The number of hydrogen-bond acceptors (Lipinski definition) is 4. The number of nitrogens with zero attached hydrogens (tertiary/aromatic N) is 2. The van der Waals surface area contributed by atoms with Crippen molar-refractivity contribution in [2.24, 2.45) is 0 Å². The molecule has 0 bridgehead atoms. The summed E-state index contributed by atoms with van der Waals surface area (Å²) in [6.07, 6.45) is -0.446. The van der Waals surface area contributed by atoms with Crippen LogP contribution in [-0.2, 0) is 4.74 Å². The molecule has 1 aliphatic rings. The molecule has 6 heteroatoms. The third kappa shape index (κ3) is 3.47. The molecule has 1 aromatic carbocycles. The van der Waals surface area contributed by atoms with E-state index in [0.717, 1.165) is 0 Å². The first-order chi connectivity index (χ1) is 9.62. The highest BCUT2D eigenvalue weighted by Gasteiger charge is 2.27. The Hall–Kier alpha value is -2.10. The van der Waals surface area contributed by atoms with Gasteiger partial charge in [0.25, 0.3) is 0 Å². The van der Waals surface area contributed by atoms with E-state index in [-0.39, 0.29) is 24.8 Å². The van der Waals surface area contributed by atoms with Crippen LogP contribution in [0.5, 0.6) is 0 Å². The fourth-order valence-electron chi connectivity index (χ4n) is 2.14. The first-order valence-corrected chi connectivity index (χ1v) is 6.44. The second kappa shape index (κ2) is 6.37. The van der Waals surface area contributed by atoms with Gasteiger partial charge in [0.15, 0.2) is 0 Å². The topological polar surface area (TPSA) is 85.6 Å². The van der Waals surface area contributed by atoms with E-state index in [1.165, 1.54) is 0 Å². The van der Waals surface area contributed by atoms with E-state index >= 15 is 0 Å². The minimum atomic E-state index is -0.342. The monoisotopic (exact) mass is 275 g/mol. The number of ether oxygens (including phenoxy) is 1. The van der Waals surface area contributed by atoms with Gasteiger partial charge in [0.05, 0.1) is 37.0 Å². The molecule has 20 heavy (non-hydrogen) atoms. The number of nitrogens with one attached hydrogen (secondary N) is 1. The Morgan fingerprint density at radius 2 is 2.20 bits per heavy atom. The van der Waals surface area contributed by atoms with E-state index in [1.807, 2.05) is 13.0 Å². The Kier molecular flexibility index (Phi) is 4.56. The van der Waals surface area contributed by atoms with Gasteiger partial charge in [-0.15, -0.1) is 0 Å². The van der Waals surface area contributed by atoms with Gasteiger partial charge in [0.2, 0.25) is 0 Å². The van der Waals surface area contributed by atoms with Crippen molar-refractivity contribution in [3.8, 4) is 6.07 Å². The average Bonchev–Trinajstić information content (AvgIpc) is 2.47. The summed E-state index contributed by atoms with van der Waals surface area (Å²) in [4.78, 5) is 13.8. The van der Waals surface area contributed by atoms with Crippen LogP contribution in [0.2, 0.25) is 0 Å². The molecule has 2 atom stereocenters. The van der Waals surface area contributed by atoms with E-state index in [0.29, 0.717) is 24.3 Å². The lowest BCUT2D eigenvalue weighted by Gasteiger charge is -2.35. The predicted octanol–water partition coefficient (Wildman–Crippen LogP) is 1.17. The Morgan fingerprint density at radius 1 is 1.50 bits per heavy atom. The summed E-state index contributed by atoms with van der Waals surface area (Å²) in [7, 11) is 0. The van der Waals surface area contributed by atoms with Gasteiger partial charge in [0, 0.05) is 12.2 Å². The van der Waals surface area contributed by atoms with Gasteiger partial charge in [0.1, 0.15) is 0 Å². The molecule has 1 aromatic rings. The van der Waals surface area contributed by atoms with Gasteiger partial charge in [-0.3, -0.25) is 0 Å². The lowest BCUT2D eigenvalue weighted by molar-refractivity contribution is -0.0822. The zero-order chi connectivity index (χ0) is 14.5. The van der Waals surface area contributed by atoms with Crippen LogP contribution in [-0.4, -0.2) is 47.9 Å². The van der Waals surface area contributed by atoms with Gasteiger partial charge in [-0.1, -0.05) is 0 Å². The number of aliphatic hydroxyl groups is 1. The molecule has 2 rings (SSSR count). The first kappa shape index (κ1) is 14.3. The molecular formula is C14H17N3O3. The number of anilines is 1. The normalized spacial score (nSPS) is 22.1. The third-order valence-corrected chi connectivity index (χ3v) is 3.08. The number of morpholine rings is 1. The summed E-state index contributed by atoms with van der Waals surface area (Å²) >= 11 is 0. The number of hydrogen-bond donors (Lipinski definition) is 2. The minimum absolute atomic E-state index is 0.104. The molecule has 1 saturated heterocycles. The molecule has 1 aliphatic heterocycles. The summed E-state index contributed by atoms with van der Waals surface area (Å²) in [5.74, 6) is 0. The summed E-state index contributed by atoms with van der Waals surface area (Å²) in [6.45, 7) is 2.61. The van der Waals surface area contributed by atoms with Gasteiger partial charge in [-0.25, -0.2) is 4.79 Å². The van der Waals surface area contributed by atoms with Crippen molar-refractivity contribution < 1.29 is 14.6 Å². The number of carbonyl (C=O) groups excluding carboxylic acids is 1. The average molecular weight is 275 g/mol. The Bertz CT molecular complexity index is 509. The molecule has 1 heterocycles. The summed E-state index contributed by atoms with van der Waals surface area (Å²) in [5.41, 5.74) is 1.18. The molecule has 2 N–H and O–H groups in total. The maximum absolute atomic E-state index is 12.1. The molecule has 0 saturated carbocycles. The number of rotatable bonds is 2. The molecule has 6 nitrogen and oxygen atoms in total. The fraction of sp³-hybridized carbons (Fsp3) is 0.429. The van der Waals surface area contributed by atoms with Crippen LogP contribution in [0.1, 0.15) is 12.5 Å². The minimum Gasteiger partial charge on any atom is -0.394 e. The molecule has 0 aromatic heterocycles. The number of amides is 2. The van der Waals surface area contributed by atoms with Crippen molar-refractivity contribution in [1.82, 2.24) is 4.90 Å². The maximum atomic E-state index is 12.1. The third-order valence-electron chi connectivity index (χ3n) is 3.08. The summed E-state index contributed by atoms with van der Waals surface area (Å²) in [5, 5.41) is 20.6. The quantitative estimate of drug-likeness (QED) is 0.848. The molecule has 2 unspecified atom stereocenters. The van der Waals surface area contributed by atoms with E-state index in [9.17, 15) is 4.79 Å². The lowest BCUT2D eigenvalue weighted by Crippen LogP contribution is -2.51. The second-order valence-electron chi connectivity index (χ2n) is 4.78. The zero-order valence-corrected chi connectivity index (χ0v) is 11.2. The van der Waals surface area contributed by atoms with Crippen LogP contribution in [0.4, 0.5) is 10.5 Å². The SMILES string of the molecule is CC1CN(C(=O)Nc2ccc(C#N)cc2)CC(CO)O1. The number of benzene rings is 1. The maximum Gasteiger partial charge on any atom is 0.322 e. The number of nitriles is 1. The molecular weight excluding hydrogens is 258 g/mol. The van der Waals surface area contributed by atoms with Crippen molar-refractivity contribution in [2.75, 3.05) is 25.0 Å². The zero-order valence-electron chi connectivity index (χ0n) is 11.2. The standard InChI is InChI=1S/C14H17N3O3/c1-10-7-17(8-13(9-18)20-10)14(19)16-12-4-2-11(6-15)3-5-12/h2-5,10,13,18H,7-9H2,1H3,(H,16,19). The Balaban J connectivity index is 1.98. The van der Waals surface area contributed by atoms with E-state index in [1.54, 1.807) is 29.2 Å². The fourth-order valence-corrected chi connectivity index (χ4v) is 2.14. The number of urea groups is 1. The van der Waals surface area contributed by atoms with E-state index < -0.39 is 0 Å². The van der Waals surface area contributed by atoms with Crippen LogP contribution in [0.3, 0.4) is 0 Å². The van der Waals surface area contributed by atoms with Gasteiger partial charge in [-0.05, 0) is 31.2 Å². The van der Waals surface area contributed by atoms with Crippen LogP contribution in [0.25, 0.3) is 0 Å². The molecule has 106 valence electrons. The van der Waals surface area contributed by atoms with Crippen molar-refractivity contribution in [1.29, 1.82) is 5.26 Å². The highest BCUT2D eigenvalue weighted by Crippen LogP contribution is 2.14. The summed E-state index contributed by atoms with van der Waals surface area (Å²) < 4.78 is 5.49. The number of aliphatic hydroxyl groups excluding tert-OH is 1. The largest absolute Gasteiger partial charge is 0.394 e. The molecule has 1 fully saturated rings. The molecule has 0 spiro atoms.